The Hall–Kier alpha value is -1.06. The average molecular weight is 266 g/mol. The highest BCUT2D eigenvalue weighted by Gasteiger charge is 2.37. The number of rotatable bonds is 3. The van der Waals surface area contributed by atoms with Crippen LogP contribution in [0.1, 0.15) is 58.8 Å². The van der Waals surface area contributed by atoms with E-state index in [2.05, 4.69) is 6.92 Å². The molecular weight excluding hydrogens is 240 g/mol. The van der Waals surface area contributed by atoms with Crippen molar-refractivity contribution >= 4 is 11.8 Å². The smallest absolute Gasteiger partial charge is 0.245 e. The number of hydrogen-bond donors (Lipinski definition) is 0. The molecule has 2 saturated heterocycles. The highest BCUT2D eigenvalue weighted by molar-refractivity contribution is 5.88. The van der Waals surface area contributed by atoms with E-state index in [-0.39, 0.29) is 17.9 Å². The average Bonchev–Trinajstić information content (AvgIpc) is 2.88. The first-order chi connectivity index (χ1) is 9.15. The Balaban J connectivity index is 2.02. The van der Waals surface area contributed by atoms with Crippen LogP contribution < -0.4 is 0 Å². The maximum Gasteiger partial charge on any atom is 0.245 e. The Morgan fingerprint density at radius 2 is 1.79 bits per heavy atom. The summed E-state index contributed by atoms with van der Waals surface area (Å²) in [4.78, 5) is 28.6. The molecule has 0 spiro atoms. The lowest BCUT2D eigenvalue weighted by Gasteiger charge is -2.37. The van der Waals surface area contributed by atoms with Crippen LogP contribution in [0.15, 0.2) is 0 Å². The van der Waals surface area contributed by atoms with Gasteiger partial charge in [-0.2, -0.15) is 0 Å². The molecule has 2 atom stereocenters. The summed E-state index contributed by atoms with van der Waals surface area (Å²) in [6, 6.07) is 0.157. The van der Waals surface area contributed by atoms with Crippen LogP contribution in [-0.2, 0) is 9.59 Å². The van der Waals surface area contributed by atoms with E-state index < -0.39 is 0 Å². The second-order valence-corrected chi connectivity index (χ2v) is 5.87. The van der Waals surface area contributed by atoms with Crippen LogP contribution >= 0.6 is 0 Å². The minimum atomic E-state index is -0.181. The number of carbonyl (C=O) groups is 2. The van der Waals surface area contributed by atoms with Gasteiger partial charge < -0.3 is 9.80 Å². The molecule has 0 aromatic rings. The zero-order chi connectivity index (χ0) is 13.8. The molecular formula is C15H26N2O2. The second kappa shape index (κ2) is 6.40. The third kappa shape index (κ3) is 3.10. The summed E-state index contributed by atoms with van der Waals surface area (Å²) in [7, 11) is 0. The molecule has 2 unspecified atom stereocenters. The maximum atomic E-state index is 12.7. The molecule has 2 fully saturated rings. The van der Waals surface area contributed by atoms with Crippen LogP contribution in [0.25, 0.3) is 0 Å². The summed E-state index contributed by atoms with van der Waals surface area (Å²) in [5.41, 5.74) is 0. The van der Waals surface area contributed by atoms with Crippen molar-refractivity contribution in [3.63, 3.8) is 0 Å². The molecule has 2 heterocycles. The van der Waals surface area contributed by atoms with E-state index in [9.17, 15) is 9.59 Å². The van der Waals surface area contributed by atoms with E-state index in [4.69, 9.17) is 0 Å². The van der Waals surface area contributed by atoms with Gasteiger partial charge >= 0.3 is 0 Å². The molecule has 19 heavy (non-hydrogen) atoms. The van der Waals surface area contributed by atoms with Gasteiger partial charge in [0.25, 0.3) is 0 Å². The zero-order valence-electron chi connectivity index (χ0n) is 12.2. The molecule has 0 aliphatic carbocycles. The Morgan fingerprint density at radius 3 is 2.47 bits per heavy atom. The predicted octanol–water partition coefficient (Wildman–Crippen LogP) is 2.18. The zero-order valence-corrected chi connectivity index (χ0v) is 12.2. The molecule has 0 aromatic carbocycles. The minimum absolute atomic E-state index is 0.156. The molecule has 0 bridgehead atoms. The van der Waals surface area contributed by atoms with Crippen molar-refractivity contribution in [1.29, 1.82) is 0 Å². The number of amides is 2. The fourth-order valence-electron chi connectivity index (χ4n) is 3.30. The maximum absolute atomic E-state index is 12.7. The van der Waals surface area contributed by atoms with Crippen LogP contribution in [0, 0.1) is 0 Å². The molecule has 4 heteroatoms. The van der Waals surface area contributed by atoms with Gasteiger partial charge in [-0.25, -0.2) is 0 Å². The van der Waals surface area contributed by atoms with Crippen LogP contribution in [0.2, 0.25) is 0 Å². The van der Waals surface area contributed by atoms with Gasteiger partial charge in [0.2, 0.25) is 11.8 Å². The summed E-state index contributed by atoms with van der Waals surface area (Å²) in [5, 5.41) is 0. The predicted molar refractivity (Wildman–Crippen MR) is 74.7 cm³/mol. The van der Waals surface area contributed by atoms with E-state index in [0.717, 1.165) is 45.2 Å². The Bertz CT molecular complexity index is 343. The molecule has 0 radical (unpaired) electrons. The molecule has 0 aromatic heterocycles. The van der Waals surface area contributed by atoms with E-state index in [1.54, 1.807) is 0 Å². The number of likely N-dealkylation sites (tertiary alicyclic amines) is 2. The van der Waals surface area contributed by atoms with E-state index >= 15 is 0 Å². The molecule has 2 amide bonds. The van der Waals surface area contributed by atoms with Gasteiger partial charge in [0.1, 0.15) is 6.04 Å². The number of carbonyl (C=O) groups excluding carboxylic acids is 2. The lowest BCUT2D eigenvalue weighted by Crippen LogP contribution is -2.51. The third-order valence-corrected chi connectivity index (χ3v) is 4.41. The summed E-state index contributed by atoms with van der Waals surface area (Å²) >= 11 is 0. The second-order valence-electron chi connectivity index (χ2n) is 5.87. The number of nitrogens with zero attached hydrogens (tertiary/aromatic N) is 2. The van der Waals surface area contributed by atoms with Gasteiger partial charge in [-0.1, -0.05) is 6.92 Å². The van der Waals surface area contributed by atoms with Crippen molar-refractivity contribution in [2.75, 3.05) is 13.1 Å². The van der Waals surface area contributed by atoms with Crippen LogP contribution in [0.3, 0.4) is 0 Å². The lowest BCUT2D eigenvalue weighted by atomic mass is 10.0. The van der Waals surface area contributed by atoms with Gasteiger partial charge in [-0.15, -0.1) is 0 Å². The first kappa shape index (κ1) is 14.4. The SMILES string of the molecule is CCCC(=O)N1CCCC1C(=O)N1CCCCC1C. The van der Waals surface area contributed by atoms with Crippen LogP contribution in [0.5, 0.6) is 0 Å². The fraction of sp³-hybridized carbons (Fsp3) is 0.867. The highest BCUT2D eigenvalue weighted by atomic mass is 16.2. The van der Waals surface area contributed by atoms with Crippen molar-refractivity contribution in [3.05, 3.63) is 0 Å². The van der Waals surface area contributed by atoms with E-state index in [1.165, 1.54) is 6.42 Å². The summed E-state index contributed by atoms with van der Waals surface area (Å²) < 4.78 is 0. The van der Waals surface area contributed by atoms with Gasteiger partial charge in [0.15, 0.2) is 0 Å². The first-order valence-electron chi connectivity index (χ1n) is 7.75. The van der Waals surface area contributed by atoms with Gasteiger partial charge in [-0.3, -0.25) is 9.59 Å². The first-order valence-corrected chi connectivity index (χ1v) is 7.75. The van der Waals surface area contributed by atoms with Crippen molar-refractivity contribution in [2.24, 2.45) is 0 Å². The normalized spacial score (nSPS) is 27.7. The molecule has 0 N–H and O–H groups in total. The standard InChI is InChI=1S/C15H26N2O2/c1-3-7-14(18)17-11-6-9-13(17)15(19)16-10-5-4-8-12(16)2/h12-13H,3-11H2,1-2H3. The topological polar surface area (TPSA) is 40.6 Å². The van der Waals surface area contributed by atoms with E-state index in [0.29, 0.717) is 12.5 Å². The van der Waals surface area contributed by atoms with E-state index in [1.807, 2.05) is 16.7 Å². The highest BCUT2D eigenvalue weighted by Crippen LogP contribution is 2.24. The van der Waals surface area contributed by atoms with Crippen molar-refractivity contribution < 1.29 is 9.59 Å². The van der Waals surface area contributed by atoms with Crippen LogP contribution in [-0.4, -0.2) is 46.8 Å². The molecule has 2 aliphatic rings. The Kier molecular flexibility index (Phi) is 4.83. The lowest BCUT2D eigenvalue weighted by molar-refractivity contribution is -0.146. The van der Waals surface area contributed by atoms with Crippen molar-refractivity contribution in [1.82, 2.24) is 9.80 Å². The van der Waals surface area contributed by atoms with Crippen molar-refractivity contribution in [2.45, 2.75) is 70.9 Å². The molecule has 2 aliphatic heterocycles. The van der Waals surface area contributed by atoms with Gasteiger partial charge in [0.05, 0.1) is 0 Å². The Labute approximate surface area is 116 Å². The summed E-state index contributed by atoms with van der Waals surface area (Å²) in [6.07, 6.45) is 6.66. The fourth-order valence-corrected chi connectivity index (χ4v) is 3.30. The third-order valence-electron chi connectivity index (χ3n) is 4.41. The summed E-state index contributed by atoms with van der Waals surface area (Å²) in [6.45, 7) is 5.77. The van der Waals surface area contributed by atoms with Crippen molar-refractivity contribution in [3.8, 4) is 0 Å². The van der Waals surface area contributed by atoms with Gasteiger partial charge in [-0.05, 0) is 45.4 Å². The number of hydrogen-bond acceptors (Lipinski definition) is 2. The summed E-state index contributed by atoms with van der Waals surface area (Å²) in [5.74, 6) is 0.345. The molecule has 0 saturated carbocycles. The Morgan fingerprint density at radius 1 is 1.05 bits per heavy atom. The largest absolute Gasteiger partial charge is 0.338 e. The molecule has 4 nitrogen and oxygen atoms in total. The molecule has 2 rings (SSSR count). The quantitative estimate of drug-likeness (QED) is 0.785. The number of piperidine rings is 1. The molecule has 108 valence electrons. The van der Waals surface area contributed by atoms with Crippen LogP contribution in [0.4, 0.5) is 0 Å². The van der Waals surface area contributed by atoms with Gasteiger partial charge in [0, 0.05) is 25.6 Å². The monoisotopic (exact) mass is 266 g/mol. The minimum Gasteiger partial charge on any atom is -0.338 e.